The first-order chi connectivity index (χ1) is 12.2. The molecule has 0 saturated carbocycles. The third-order valence-electron chi connectivity index (χ3n) is 4.01. The Hall–Kier alpha value is -2.44. The predicted molar refractivity (Wildman–Crippen MR) is 104 cm³/mol. The second-order valence-corrected chi connectivity index (χ2v) is 7.81. The van der Waals surface area contributed by atoms with Crippen LogP contribution in [0, 0.1) is 6.92 Å². The zero-order valence-electron chi connectivity index (χ0n) is 13.7. The molecule has 0 aliphatic rings. The van der Waals surface area contributed by atoms with Gasteiger partial charge in [-0.15, -0.1) is 22.7 Å². The first kappa shape index (κ1) is 16.1. The van der Waals surface area contributed by atoms with Crippen LogP contribution in [0.3, 0.4) is 0 Å². The number of hydrogen-bond donors (Lipinski definition) is 1. The average Bonchev–Trinajstić information content (AvgIpc) is 3.34. The molecule has 4 rings (SSSR count). The number of fused-ring (bicyclic) bond motifs is 1. The molecule has 0 aliphatic heterocycles. The Morgan fingerprint density at radius 3 is 2.88 bits per heavy atom. The molecule has 0 fully saturated rings. The summed E-state index contributed by atoms with van der Waals surface area (Å²) in [5.41, 5.74) is 2.09. The van der Waals surface area contributed by atoms with Crippen molar-refractivity contribution in [3.05, 3.63) is 64.5 Å². The number of amides is 1. The smallest absolute Gasteiger partial charge is 0.261 e. The first-order valence-electron chi connectivity index (χ1n) is 8.06. The van der Waals surface area contributed by atoms with E-state index in [0.29, 0.717) is 13.1 Å². The molecule has 4 nitrogen and oxygen atoms in total. The number of carbonyl (C=O) groups excluding carboxylic acids is 1. The fourth-order valence-corrected chi connectivity index (χ4v) is 4.40. The van der Waals surface area contributed by atoms with E-state index in [1.165, 1.54) is 11.3 Å². The Bertz CT molecular complexity index is 982. The molecular weight excluding hydrogens is 350 g/mol. The number of rotatable bonds is 5. The highest BCUT2D eigenvalue weighted by Crippen LogP contribution is 2.25. The molecule has 25 heavy (non-hydrogen) atoms. The molecule has 0 saturated heterocycles. The Morgan fingerprint density at radius 1 is 1.20 bits per heavy atom. The Morgan fingerprint density at radius 2 is 2.08 bits per heavy atom. The van der Waals surface area contributed by atoms with E-state index < -0.39 is 0 Å². The Kier molecular flexibility index (Phi) is 4.38. The molecule has 0 radical (unpaired) electrons. The third kappa shape index (κ3) is 3.36. The van der Waals surface area contributed by atoms with Crippen LogP contribution in [0.2, 0.25) is 0 Å². The highest BCUT2D eigenvalue weighted by molar-refractivity contribution is 7.20. The molecule has 1 N–H and O–H groups in total. The topological polar surface area (TPSA) is 46.9 Å². The van der Waals surface area contributed by atoms with Gasteiger partial charge in [-0.2, -0.15) is 5.10 Å². The summed E-state index contributed by atoms with van der Waals surface area (Å²) >= 11 is 3.21. The summed E-state index contributed by atoms with van der Waals surface area (Å²) in [5, 5.41) is 10.8. The van der Waals surface area contributed by atoms with E-state index in [1.54, 1.807) is 11.3 Å². The number of aromatic nitrogens is 2. The van der Waals surface area contributed by atoms with Gasteiger partial charge >= 0.3 is 0 Å². The summed E-state index contributed by atoms with van der Waals surface area (Å²) in [6, 6.07) is 16.2. The number of benzene rings is 1. The van der Waals surface area contributed by atoms with Crippen LogP contribution in [0.5, 0.6) is 0 Å². The van der Waals surface area contributed by atoms with Gasteiger partial charge in [0.1, 0.15) is 5.69 Å². The van der Waals surface area contributed by atoms with Crippen LogP contribution < -0.4 is 5.32 Å². The minimum Gasteiger partial charge on any atom is -0.349 e. The quantitative estimate of drug-likeness (QED) is 0.562. The lowest BCUT2D eigenvalue weighted by Crippen LogP contribution is -2.27. The van der Waals surface area contributed by atoms with Crippen molar-refractivity contribution in [2.24, 2.45) is 0 Å². The molecule has 3 heterocycles. The van der Waals surface area contributed by atoms with E-state index in [9.17, 15) is 4.79 Å². The second kappa shape index (κ2) is 6.82. The van der Waals surface area contributed by atoms with E-state index in [2.05, 4.69) is 27.9 Å². The van der Waals surface area contributed by atoms with E-state index in [4.69, 9.17) is 0 Å². The van der Waals surface area contributed by atoms with Crippen molar-refractivity contribution >= 4 is 38.7 Å². The van der Waals surface area contributed by atoms with Gasteiger partial charge in [-0.1, -0.05) is 24.3 Å². The second-order valence-electron chi connectivity index (χ2n) is 5.78. The summed E-state index contributed by atoms with van der Waals surface area (Å²) in [5.74, 6) is -0.0236. The molecule has 0 atom stereocenters. The van der Waals surface area contributed by atoms with E-state index in [-0.39, 0.29) is 5.91 Å². The summed E-state index contributed by atoms with van der Waals surface area (Å²) in [6.45, 7) is 3.26. The van der Waals surface area contributed by atoms with Gasteiger partial charge in [-0.25, -0.2) is 0 Å². The van der Waals surface area contributed by atoms with E-state index in [0.717, 1.165) is 31.2 Å². The number of nitrogens with zero attached hydrogens (tertiary/aromatic N) is 2. The summed E-state index contributed by atoms with van der Waals surface area (Å²) in [4.78, 5) is 14.3. The Labute approximate surface area is 153 Å². The monoisotopic (exact) mass is 367 g/mol. The van der Waals surface area contributed by atoms with Crippen molar-refractivity contribution in [1.29, 1.82) is 0 Å². The highest BCUT2D eigenvalue weighted by atomic mass is 32.1. The van der Waals surface area contributed by atoms with Crippen molar-refractivity contribution < 1.29 is 4.79 Å². The molecule has 3 aromatic heterocycles. The van der Waals surface area contributed by atoms with Crippen molar-refractivity contribution in [3.8, 4) is 10.6 Å². The SMILES string of the molecule is Cc1cc(-c2cccs2)nn1CCNC(=O)c1cc2ccccc2s1. The van der Waals surface area contributed by atoms with Crippen LogP contribution in [0.15, 0.2) is 53.9 Å². The van der Waals surface area contributed by atoms with Crippen molar-refractivity contribution in [2.45, 2.75) is 13.5 Å². The van der Waals surface area contributed by atoms with Gasteiger partial charge in [0.2, 0.25) is 0 Å². The number of aryl methyl sites for hydroxylation is 1. The van der Waals surface area contributed by atoms with Crippen LogP contribution in [0.4, 0.5) is 0 Å². The van der Waals surface area contributed by atoms with Gasteiger partial charge in [0.25, 0.3) is 5.91 Å². The fraction of sp³-hybridized carbons (Fsp3) is 0.158. The summed E-state index contributed by atoms with van der Waals surface area (Å²) in [7, 11) is 0. The molecule has 1 amide bonds. The summed E-state index contributed by atoms with van der Waals surface area (Å²) in [6.07, 6.45) is 0. The normalized spacial score (nSPS) is 11.1. The van der Waals surface area contributed by atoms with Crippen LogP contribution >= 0.6 is 22.7 Å². The van der Waals surface area contributed by atoms with Crippen LogP contribution in [0.1, 0.15) is 15.4 Å². The first-order valence-corrected chi connectivity index (χ1v) is 9.75. The van der Waals surface area contributed by atoms with E-state index >= 15 is 0 Å². The van der Waals surface area contributed by atoms with Gasteiger partial charge in [0.05, 0.1) is 16.3 Å². The molecule has 0 spiro atoms. The molecule has 1 aromatic carbocycles. The zero-order chi connectivity index (χ0) is 17.2. The number of nitrogens with one attached hydrogen (secondary N) is 1. The van der Waals surface area contributed by atoms with Crippen LogP contribution in [0.25, 0.3) is 20.7 Å². The minimum absolute atomic E-state index is 0.0236. The van der Waals surface area contributed by atoms with Crippen molar-refractivity contribution in [2.75, 3.05) is 6.54 Å². The maximum Gasteiger partial charge on any atom is 0.261 e. The molecular formula is C19H17N3OS2. The minimum atomic E-state index is -0.0236. The lowest BCUT2D eigenvalue weighted by Gasteiger charge is -2.05. The zero-order valence-corrected chi connectivity index (χ0v) is 15.4. The lowest BCUT2D eigenvalue weighted by molar-refractivity contribution is 0.0956. The largest absolute Gasteiger partial charge is 0.349 e. The molecule has 6 heteroatoms. The molecule has 4 aromatic rings. The third-order valence-corrected chi connectivity index (χ3v) is 6.02. The molecule has 126 valence electrons. The van der Waals surface area contributed by atoms with Gasteiger partial charge in [0.15, 0.2) is 0 Å². The van der Waals surface area contributed by atoms with Gasteiger partial charge in [-0.3, -0.25) is 9.48 Å². The van der Waals surface area contributed by atoms with Crippen LogP contribution in [-0.4, -0.2) is 22.2 Å². The van der Waals surface area contributed by atoms with Crippen molar-refractivity contribution in [3.63, 3.8) is 0 Å². The highest BCUT2D eigenvalue weighted by Gasteiger charge is 2.11. The standard InChI is InChI=1S/C19H17N3OS2/c1-13-11-15(17-7-4-10-24-17)21-22(13)9-8-20-19(23)18-12-14-5-2-3-6-16(14)25-18/h2-7,10-12H,8-9H2,1H3,(H,20,23). The van der Waals surface area contributed by atoms with Crippen LogP contribution in [-0.2, 0) is 6.54 Å². The van der Waals surface area contributed by atoms with Crippen molar-refractivity contribution in [1.82, 2.24) is 15.1 Å². The summed E-state index contributed by atoms with van der Waals surface area (Å²) < 4.78 is 3.08. The number of thiophene rings is 2. The molecule has 0 bridgehead atoms. The lowest BCUT2D eigenvalue weighted by atomic mass is 10.2. The predicted octanol–water partition coefficient (Wildman–Crippen LogP) is 4.56. The van der Waals surface area contributed by atoms with E-state index in [1.807, 2.05) is 48.0 Å². The number of hydrogen-bond acceptors (Lipinski definition) is 4. The Balaban J connectivity index is 1.39. The fourth-order valence-electron chi connectivity index (χ4n) is 2.74. The number of carbonyl (C=O) groups is 1. The molecule has 0 aliphatic carbocycles. The van der Waals surface area contributed by atoms with Gasteiger partial charge in [-0.05, 0) is 42.0 Å². The maximum absolute atomic E-state index is 12.4. The van der Waals surface area contributed by atoms with Gasteiger partial charge in [0, 0.05) is 16.9 Å². The van der Waals surface area contributed by atoms with Gasteiger partial charge < -0.3 is 5.32 Å². The molecule has 0 unspecified atom stereocenters. The maximum atomic E-state index is 12.4. The average molecular weight is 367 g/mol.